The molecule has 56 valence electrons. The molecule has 0 aromatic rings. The van der Waals surface area contributed by atoms with Crippen molar-refractivity contribution in [3.8, 4) is 0 Å². The lowest BCUT2D eigenvalue weighted by Gasteiger charge is -2.23. The van der Waals surface area contributed by atoms with E-state index in [2.05, 4.69) is 0 Å². The summed E-state index contributed by atoms with van der Waals surface area (Å²) < 4.78 is 0. The van der Waals surface area contributed by atoms with Gasteiger partial charge in [-0.3, -0.25) is 0 Å². The SMILES string of the molecule is CC(O)[P+](C)(C)C(C)O. The van der Waals surface area contributed by atoms with Gasteiger partial charge in [0.1, 0.15) is 0 Å². The molecule has 3 heteroatoms. The van der Waals surface area contributed by atoms with Crippen LogP contribution in [-0.2, 0) is 0 Å². The zero-order chi connectivity index (χ0) is 7.65. The van der Waals surface area contributed by atoms with Crippen LogP contribution in [0.3, 0.4) is 0 Å². The van der Waals surface area contributed by atoms with Crippen molar-refractivity contribution in [3.63, 3.8) is 0 Å². The molecule has 0 aliphatic rings. The maximum Gasteiger partial charge on any atom is 0.163 e. The minimum absolute atomic E-state index is 0.350. The second-order valence-electron chi connectivity index (χ2n) is 2.89. The third-order valence-corrected chi connectivity index (χ3v) is 5.78. The highest BCUT2D eigenvalue weighted by atomic mass is 31.2. The van der Waals surface area contributed by atoms with Gasteiger partial charge in [0.05, 0.1) is 20.6 Å². The first-order chi connectivity index (χ1) is 3.89. The summed E-state index contributed by atoms with van der Waals surface area (Å²) in [6.07, 6.45) is 0. The molecule has 0 fully saturated rings. The van der Waals surface area contributed by atoms with Gasteiger partial charge in [-0.2, -0.15) is 0 Å². The molecule has 0 heterocycles. The van der Waals surface area contributed by atoms with Crippen LogP contribution in [-0.4, -0.2) is 35.2 Å². The second-order valence-corrected chi connectivity index (χ2v) is 7.65. The second kappa shape index (κ2) is 2.96. The van der Waals surface area contributed by atoms with Crippen LogP contribution in [0.5, 0.6) is 0 Å². The molecule has 0 amide bonds. The Labute approximate surface area is 57.2 Å². The Bertz CT molecular complexity index is 79.1. The van der Waals surface area contributed by atoms with Crippen molar-refractivity contribution < 1.29 is 10.2 Å². The van der Waals surface area contributed by atoms with E-state index in [1.54, 1.807) is 13.8 Å². The first kappa shape index (κ1) is 9.35. The van der Waals surface area contributed by atoms with Gasteiger partial charge in [-0.1, -0.05) is 0 Å². The van der Waals surface area contributed by atoms with Gasteiger partial charge in [-0.25, -0.2) is 0 Å². The summed E-state index contributed by atoms with van der Waals surface area (Å²) in [4.78, 5) is 0. The van der Waals surface area contributed by atoms with Crippen LogP contribution < -0.4 is 0 Å². The van der Waals surface area contributed by atoms with E-state index in [4.69, 9.17) is 10.2 Å². The lowest BCUT2D eigenvalue weighted by atomic mass is 10.8. The Morgan fingerprint density at radius 1 is 1.00 bits per heavy atom. The molecular formula is C6H16O2P+. The van der Waals surface area contributed by atoms with Gasteiger partial charge in [0.15, 0.2) is 11.7 Å². The standard InChI is InChI=1S/C6H16O2P/c1-5(7)9(3,4)6(2)8/h5-8H,1-4H3/q+1. The van der Waals surface area contributed by atoms with Crippen molar-refractivity contribution >= 4 is 7.26 Å². The van der Waals surface area contributed by atoms with Crippen LogP contribution in [0.15, 0.2) is 0 Å². The Morgan fingerprint density at radius 2 is 1.22 bits per heavy atom. The van der Waals surface area contributed by atoms with Gasteiger partial charge in [0, 0.05) is 0 Å². The van der Waals surface area contributed by atoms with Crippen LogP contribution in [0.1, 0.15) is 13.8 Å². The topological polar surface area (TPSA) is 40.5 Å². The zero-order valence-electron chi connectivity index (χ0n) is 6.50. The van der Waals surface area contributed by atoms with E-state index in [0.29, 0.717) is 0 Å². The number of hydrogen-bond acceptors (Lipinski definition) is 2. The van der Waals surface area contributed by atoms with Gasteiger partial charge >= 0.3 is 0 Å². The number of rotatable bonds is 2. The maximum absolute atomic E-state index is 9.14. The number of aliphatic hydroxyl groups is 2. The van der Waals surface area contributed by atoms with Crippen LogP contribution in [0.2, 0.25) is 0 Å². The zero-order valence-corrected chi connectivity index (χ0v) is 7.39. The van der Waals surface area contributed by atoms with Gasteiger partial charge in [-0.05, 0) is 13.8 Å². The Hall–Kier alpha value is 0.350. The molecule has 0 saturated carbocycles. The normalized spacial score (nSPS) is 19.3. The van der Waals surface area contributed by atoms with Crippen molar-refractivity contribution in [1.82, 2.24) is 0 Å². The minimum atomic E-state index is -1.48. The Kier molecular flexibility index (Phi) is 3.07. The summed E-state index contributed by atoms with van der Waals surface area (Å²) >= 11 is 0. The van der Waals surface area contributed by atoms with Crippen LogP contribution in [0, 0.1) is 0 Å². The van der Waals surface area contributed by atoms with E-state index < -0.39 is 7.26 Å². The highest BCUT2D eigenvalue weighted by molar-refractivity contribution is 7.75. The Morgan fingerprint density at radius 3 is 1.22 bits per heavy atom. The third-order valence-electron chi connectivity index (χ3n) is 1.93. The van der Waals surface area contributed by atoms with Gasteiger partial charge in [-0.15, -0.1) is 0 Å². The maximum atomic E-state index is 9.14. The molecule has 2 N–H and O–H groups in total. The number of aliphatic hydroxyl groups excluding tert-OH is 2. The summed E-state index contributed by atoms with van der Waals surface area (Å²) in [5, 5.41) is 18.3. The van der Waals surface area contributed by atoms with Crippen LogP contribution in [0.25, 0.3) is 0 Å². The molecule has 0 radical (unpaired) electrons. The van der Waals surface area contributed by atoms with Crippen molar-refractivity contribution in [2.45, 2.75) is 25.5 Å². The molecule has 0 bridgehead atoms. The molecule has 0 aromatic carbocycles. The quantitative estimate of drug-likeness (QED) is 0.576. The molecule has 0 aliphatic heterocycles. The lowest BCUT2D eigenvalue weighted by molar-refractivity contribution is 0.240. The molecule has 0 spiro atoms. The first-order valence-electron chi connectivity index (χ1n) is 3.08. The van der Waals surface area contributed by atoms with Crippen LogP contribution >= 0.6 is 7.26 Å². The summed E-state index contributed by atoms with van der Waals surface area (Å²) in [5.41, 5.74) is 0. The number of hydrogen-bond donors (Lipinski definition) is 2. The lowest BCUT2D eigenvalue weighted by Crippen LogP contribution is -2.17. The summed E-state index contributed by atoms with van der Waals surface area (Å²) in [6.45, 7) is 7.37. The fraction of sp³-hybridized carbons (Fsp3) is 1.00. The van der Waals surface area contributed by atoms with Crippen molar-refractivity contribution in [1.29, 1.82) is 0 Å². The fourth-order valence-electron chi connectivity index (χ4n) is 0.312. The van der Waals surface area contributed by atoms with Crippen molar-refractivity contribution in [2.75, 3.05) is 13.3 Å². The molecule has 2 atom stereocenters. The molecule has 0 rings (SSSR count). The average Bonchev–Trinajstić information content (AvgIpc) is 1.65. The van der Waals surface area contributed by atoms with Gasteiger partial charge < -0.3 is 10.2 Å². The average molecular weight is 151 g/mol. The van der Waals surface area contributed by atoms with E-state index in [1.165, 1.54) is 0 Å². The summed E-state index contributed by atoms with van der Waals surface area (Å²) in [6, 6.07) is 0. The van der Waals surface area contributed by atoms with E-state index >= 15 is 0 Å². The highest BCUT2D eigenvalue weighted by Gasteiger charge is 2.36. The largest absolute Gasteiger partial charge is 0.359 e. The molecule has 2 unspecified atom stereocenters. The van der Waals surface area contributed by atoms with E-state index in [1.807, 2.05) is 13.3 Å². The van der Waals surface area contributed by atoms with E-state index in [0.717, 1.165) is 0 Å². The molecule has 0 aromatic heterocycles. The van der Waals surface area contributed by atoms with E-state index in [-0.39, 0.29) is 11.7 Å². The predicted octanol–water partition coefficient (Wildman–Crippen LogP) is 0.940. The summed E-state index contributed by atoms with van der Waals surface area (Å²) in [5.74, 6) is -0.699. The Balaban J connectivity index is 4.01. The van der Waals surface area contributed by atoms with E-state index in [9.17, 15) is 0 Å². The molecular weight excluding hydrogens is 135 g/mol. The highest BCUT2D eigenvalue weighted by Crippen LogP contribution is 2.58. The molecule has 2 nitrogen and oxygen atoms in total. The van der Waals surface area contributed by atoms with Gasteiger partial charge in [0.2, 0.25) is 0 Å². The third kappa shape index (κ3) is 2.21. The molecule has 9 heavy (non-hydrogen) atoms. The smallest absolute Gasteiger partial charge is 0.163 e. The molecule has 0 aliphatic carbocycles. The van der Waals surface area contributed by atoms with Crippen LogP contribution in [0.4, 0.5) is 0 Å². The van der Waals surface area contributed by atoms with Crippen molar-refractivity contribution in [3.05, 3.63) is 0 Å². The van der Waals surface area contributed by atoms with Crippen molar-refractivity contribution in [2.24, 2.45) is 0 Å². The fourth-order valence-corrected chi connectivity index (χ4v) is 0.937. The molecule has 0 saturated heterocycles. The first-order valence-corrected chi connectivity index (χ1v) is 5.90. The predicted molar refractivity (Wildman–Crippen MR) is 42.1 cm³/mol. The van der Waals surface area contributed by atoms with Gasteiger partial charge in [0.25, 0.3) is 0 Å². The monoisotopic (exact) mass is 151 g/mol. The summed E-state index contributed by atoms with van der Waals surface area (Å²) in [7, 11) is -1.48. The minimum Gasteiger partial charge on any atom is -0.359 e.